The Morgan fingerprint density at radius 3 is 2.10 bits per heavy atom. The molecule has 0 radical (unpaired) electrons. The summed E-state index contributed by atoms with van der Waals surface area (Å²) in [5, 5.41) is 0. The van der Waals surface area contributed by atoms with Gasteiger partial charge < -0.3 is 5.73 Å². The molecule has 0 aliphatic heterocycles. The summed E-state index contributed by atoms with van der Waals surface area (Å²) in [6.45, 7) is 3.40. The third kappa shape index (κ3) is 4.56. The average molecular weight is 299 g/mol. The van der Waals surface area contributed by atoms with Crippen LogP contribution in [0.25, 0.3) is 0 Å². The minimum Gasteiger partial charge on any atom is -0.330 e. The third-order valence-electron chi connectivity index (χ3n) is 3.30. The maximum atomic E-state index is 12.3. The zero-order valence-corrected chi connectivity index (χ0v) is 13.4. The van der Waals surface area contributed by atoms with Gasteiger partial charge in [0.1, 0.15) is 0 Å². The Hall–Kier alpha value is -0.950. The van der Waals surface area contributed by atoms with Crippen molar-refractivity contribution in [1.82, 2.24) is 8.61 Å². The number of nitrogens with two attached hydrogens (primary N) is 1. The molecular weight excluding hydrogens is 274 g/mol. The molecule has 114 valence electrons. The Bertz CT molecular complexity index is 500. The fraction of sp³-hybridized carbons (Fsp3) is 0.571. The van der Waals surface area contributed by atoms with E-state index in [0.29, 0.717) is 26.1 Å². The molecule has 0 atom stereocenters. The van der Waals surface area contributed by atoms with Gasteiger partial charge in [-0.05, 0) is 30.5 Å². The second kappa shape index (κ2) is 7.73. The molecule has 2 N–H and O–H groups in total. The zero-order valence-electron chi connectivity index (χ0n) is 12.5. The molecule has 0 aliphatic rings. The van der Waals surface area contributed by atoms with Crippen LogP contribution in [0.15, 0.2) is 24.3 Å². The average Bonchev–Trinajstić information content (AvgIpc) is 2.45. The van der Waals surface area contributed by atoms with E-state index in [2.05, 4.69) is 6.92 Å². The first-order valence-electron chi connectivity index (χ1n) is 6.87. The van der Waals surface area contributed by atoms with E-state index in [1.54, 1.807) is 14.1 Å². The van der Waals surface area contributed by atoms with Gasteiger partial charge in [0.05, 0.1) is 0 Å². The van der Waals surface area contributed by atoms with Gasteiger partial charge in [0.25, 0.3) is 10.2 Å². The van der Waals surface area contributed by atoms with Crippen LogP contribution in [0.4, 0.5) is 0 Å². The van der Waals surface area contributed by atoms with E-state index in [1.165, 1.54) is 14.2 Å². The molecule has 20 heavy (non-hydrogen) atoms. The number of nitrogens with zero attached hydrogens (tertiary/aromatic N) is 2. The van der Waals surface area contributed by atoms with Gasteiger partial charge in [-0.2, -0.15) is 17.0 Å². The van der Waals surface area contributed by atoms with Crippen LogP contribution in [0.2, 0.25) is 0 Å². The second-order valence-electron chi connectivity index (χ2n) is 4.90. The van der Waals surface area contributed by atoms with Crippen LogP contribution in [0.5, 0.6) is 0 Å². The van der Waals surface area contributed by atoms with E-state index < -0.39 is 10.2 Å². The highest BCUT2D eigenvalue weighted by atomic mass is 32.2. The first kappa shape index (κ1) is 17.1. The summed E-state index contributed by atoms with van der Waals surface area (Å²) in [6, 6.07) is 8.03. The van der Waals surface area contributed by atoms with Crippen molar-refractivity contribution in [2.24, 2.45) is 5.73 Å². The Morgan fingerprint density at radius 1 is 1.05 bits per heavy atom. The van der Waals surface area contributed by atoms with Crippen molar-refractivity contribution < 1.29 is 8.42 Å². The Balaban J connectivity index is 2.70. The van der Waals surface area contributed by atoms with E-state index in [-0.39, 0.29) is 0 Å². The van der Waals surface area contributed by atoms with E-state index in [1.807, 2.05) is 24.3 Å². The molecule has 0 aromatic heterocycles. The number of aryl methyl sites for hydroxylation is 1. The molecule has 0 bridgehead atoms. The zero-order chi connectivity index (χ0) is 15.2. The quantitative estimate of drug-likeness (QED) is 0.784. The molecule has 0 saturated carbocycles. The van der Waals surface area contributed by atoms with E-state index >= 15 is 0 Å². The van der Waals surface area contributed by atoms with Crippen molar-refractivity contribution in [3.63, 3.8) is 0 Å². The summed E-state index contributed by atoms with van der Waals surface area (Å²) in [4.78, 5) is 0. The summed E-state index contributed by atoms with van der Waals surface area (Å²) in [5.74, 6) is 0. The van der Waals surface area contributed by atoms with Crippen LogP contribution in [-0.2, 0) is 23.2 Å². The third-order valence-corrected chi connectivity index (χ3v) is 5.19. The van der Waals surface area contributed by atoms with Crippen LogP contribution < -0.4 is 5.73 Å². The van der Waals surface area contributed by atoms with Crippen molar-refractivity contribution in [1.29, 1.82) is 0 Å². The Labute approximate surface area is 122 Å². The van der Waals surface area contributed by atoms with Gasteiger partial charge in [0, 0.05) is 27.2 Å². The van der Waals surface area contributed by atoms with Gasteiger partial charge in [-0.1, -0.05) is 31.2 Å². The summed E-state index contributed by atoms with van der Waals surface area (Å²) >= 11 is 0. The lowest BCUT2D eigenvalue weighted by Gasteiger charge is -2.24. The Kier molecular flexibility index (Phi) is 6.61. The van der Waals surface area contributed by atoms with Gasteiger partial charge in [0.2, 0.25) is 0 Å². The normalized spacial score (nSPS) is 12.3. The van der Waals surface area contributed by atoms with Crippen molar-refractivity contribution in [3.8, 4) is 0 Å². The minimum absolute atomic E-state index is 0.374. The summed E-state index contributed by atoms with van der Waals surface area (Å²) in [7, 11) is -0.230. The van der Waals surface area contributed by atoms with Crippen LogP contribution >= 0.6 is 0 Å². The van der Waals surface area contributed by atoms with Crippen LogP contribution in [-0.4, -0.2) is 44.2 Å². The molecule has 0 fully saturated rings. The molecule has 1 aromatic rings. The molecule has 0 spiro atoms. The molecule has 1 aromatic carbocycles. The number of hydrogen-bond acceptors (Lipinski definition) is 3. The second-order valence-corrected chi connectivity index (χ2v) is 7.04. The van der Waals surface area contributed by atoms with E-state index in [9.17, 15) is 8.42 Å². The highest BCUT2D eigenvalue weighted by molar-refractivity contribution is 7.86. The van der Waals surface area contributed by atoms with Gasteiger partial charge >= 0.3 is 0 Å². The fourth-order valence-electron chi connectivity index (χ4n) is 1.89. The molecule has 0 heterocycles. The van der Waals surface area contributed by atoms with Crippen molar-refractivity contribution in [3.05, 3.63) is 35.4 Å². The lowest BCUT2D eigenvalue weighted by atomic mass is 10.1. The monoisotopic (exact) mass is 299 g/mol. The lowest BCUT2D eigenvalue weighted by Crippen LogP contribution is -2.40. The molecule has 0 amide bonds. The molecule has 5 nitrogen and oxygen atoms in total. The molecule has 0 unspecified atom stereocenters. The van der Waals surface area contributed by atoms with Crippen molar-refractivity contribution >= 4 is 10.2 Å². The maximum absolute atomic E-state index is 12.3. The lowest BCUT2D eigenvalue weighted by molar-refractivity contribution is 0.387. The number of hydrogen-bond donors (Lipinski definition) is 1. The largest absolute Gasteiger partial charge is 0.330 e. The smallest absolute Gasteiger partial charge is 0.281 e. The molecule has 1 rings (SSSR count). The van der Waals surface area contributed by atoms with E-state index in [0.717, 1.165) is 12.0 Å². The van der Waals surface area contributed by atoms with Gasteiger partial charge in [0.15, 0.2) is 0 Å². The predicted molar refractivity (Wildman–Crippen MR) is 82.5 cm³/mol. The molecule has 0 saturated heterocycles. The van der Waals surface area contributed by atoms with Crippen molar-refractivity contribution in [2.75, 3.05) is 27.2 Å². The SMILES string of the molecule is CCc1ccc(CN(C)S(=O)(=O)N(C)CCCN)cc1. The van der Waals surface area contributed by atoms with Crippen LogP contribution in [0.3, 0.4) is 0 Å². The number of benzene rings is 1. The van der Waals surface area contributed by atoms with Gasteiger partial charge in [-0.25, -0.2) is 0 Å². The summed E-state index contributed by atoms with van der Waals surface area (Å²) in [5.41, 5.74) is 7.65. The van der Waals surface area contributed by atoms with Crippen LogP contribution in [0.1, 0.15) is 24.5 Å². The van der Waals surface area contributed by atoms with Gasteiger partial charge in [-0.3, -0.25) is 0 Å². The fourth-order valence-corrected chi connectivity index (χ4v) is 3.03. The Morgan fingerprint density at radius 2 is 1.60 bits per heavy atom. The molecule has 6 heteroatoms. The van der Waals surface area contributed by atoms with Crippen molar-refractivity contribution in [2.45, 2.75) is 26.3 Å². The standard InChI is InChI=1S/C14H25N3O2S/c1-4-13-6-8-14(9-7-13)12-17(3)20(18,19)16(2)11-5-10-15/h6-9H,4-5,10-12,15H2,1-3H3. The predicted octanol–water partition coefficient (Wildman–Crippen LogP) is 1.21. The molecular formula is C14H25N3O2S. The first-order chi connectivity index (χ1) is 9.41. The first-order valence-corrected chi connectivity index (χ1v) is 8.27. The summed E-state index contributed by atoms with van der Waals surface area (Å²) < 4.78 is 27.3. The highest BCUT2D eigenvalue weighted by Gasteiger charge is 2.23. The highest BCUT2D eigenvalue weighted by Crippen LogP contribution is 2.12. The maximum Gasteiger partial charge on any atom is 0.281 e. The van der Waals surface area contributed by atoms with Gasteiger partial charge in [-0.15, -0.1) is 0 Å². The number of rotatable bonds is 8. The van der Waals surface area contributed by atoms with E-state index in [4.69, 9.17) is 5.73 Å². The topological polar surface area (TPSA) is 66.6 Å². The minimum atomic E-state index is -3.41. The van der Waals surface area contributed by atoms with Crippen LogP contribution in [0, 0.1) is 0 Å². The molecule has 0 aliphatic carbocycles. The summed E-state index contributed by atoms with van der Waals surface area (Å²) in [6.07, 6.45) is 1.64.